The van der Waals surface area contributed by atoms with Crippen molar-refractivity contribution in [1.29, 1.82) is 0 Å². The van der Waals surface area contributed by atoms with E-state index in [0.717, 1.165) is 30.6 Å². The van der Waals surface area contributed by atoms with Gasteiger partial charge in [-0.05, 0) is 75.1 Å². The van der Waals surface area contributed by atoms with Crippen molar-refractivity contribution in [1.82, 2.24) is 20.0 Å². The Labute approximate surface area is 176 Å². The molecule has 1 aromatic heterocycles. The fourth-order valence-electron chi connectivity index (χ4n) is 3.89. The molecule has 2 aromatic carbocycles. The molecule has 0 spiro atoms. The van der Waals surface area contributed by atoms with Crippen LogP contribution in [0.4, 0.5) is 0 Å². The number of nitrogens with zero attached hydrogens (tertiary/aromatic N) is 2. The van der Waals surface area contributed by atoms with Crippen LogP contribution in [0, 0.1) is 0 Å². The molecule has 1 aliphatic heterocycles. The van der Waals surface area contributed by atoms with E-state index in [9.17, 15) is 9.59 Å². The van der Waals surface area contributed by atoms with Crippen LogP contribution < -0.4 is 10.9 Å². The van der Waals surface area contributed by atoms with Crippen LogP contribution in [0.1, 0.15) is 36.0 Å². The molecular formula is C24H28N4O2. The summed E-state index contributed by atoms with van der Waals surface area (Å²) < 4.78 is 1.49. The molecule has 6 nitrogen and oxygen atoms in total. The first-order valence-electron chi connectivity index (χ1n) is 10.7. The van der Waals surface area contributed by atoms with Gasteiger partial charge in [-0.3, -0.25) is 14.7 Å². The summed E-state index contributed by atoms with van der Waals surface area (Å²) in [7, 11) is 0. The molecule has 2 N–H and O–H groups in total. The van der Waals surface area contributed by atoms with Crippen molar-refractivity contribution in [2.45, 2.75) is 25.7 Å². The van der Waals surface area contributed by atoms with Gasteiger partial charge in [0, 0.05) is 18.2 Å². The summed E-state index contributed by atoms with van der Waals surface area (Å²) in [5.41, 5.74) is 2.88. The quantitative estimate of drug-likeness (QED) is 0.565. The number of hydrogen-bond acceptors (Lipinski definition) is 3. The number of aromatic nitrogens is 2. The minimum atomic E-state index is -0.135. The number of carbonyl (C=O) groups is 1. The van der Waals surface area contributed by atoms with Crippen molar-refractivity contribution in [2.75, 3.05) is 26.2 Å². The third-order valence-corrected chi connectivity index (χ3v) is 5.58. The van der Waals surface area contributed by atoms with Crippen molar-refractivity contribution in [3.05, 3.63) is 76.6 Å². The van der Waals surface area contributed by atoms with Crippen molar-refractivity contribution < 1.29 is 4.79 Å². The molecule has 0 aliphatic carbocycles. The van der Waals surface area contributed by atoms with Crippen molar-refractivity contribution in [2.24, 2.45) is 0 Å². The maximum atomic E-state index is 12.4. The molecule has 1 saturated heterocycles. The number of likely N-dealkylation sites (tertiary alicyclic amines) is 1. The molecule has 1 aliphatic rings. The molecule has 3 aromatic rings. The smallest absolute Gasteiger partial charge is 0.271 e. The fraction of sp³-hybridized carbons (Fsp3) is 0.333. The first-order valence-corrected chi connectivity index (χ1v) is 10.7. The number of carbonyl (C=O) groups excluding carboxylic acids is 1. The number of rotatable bonds is 8. The maximum absolute atomic E-state index is 12.4. The van der Waals surface area contributed by atoms with Gasteiger partial charge in [-0.2, -0.15) is 0 Å². The summed E-state index contributed by atoms with van der Waals surface area (Å²) in [5.74, 6) is -0.0773. The largest absolute Gasteiger partial charge is 0.352 e. The SMILES string of the molecule is O=C(NCCCCN1CCCC1)c1ccc(-n2[nH]c(-c3ccccc3)cc2=O)cc1. The Bertz CT molecular complexity index is 1020. The van der Waals surface area contributed by atoms with Gasteiger partial charge in [0.15, 0.2) is 0 Å². The van der Waals surface area contributed by atoms with Crippen LogP contribution in [0.5, 0.6) is 0 Å². The number of hydrogen-bond donors (Lipinski definition) is 2. The Hall–Kier alpha value is -3.12. The molecule has 1 amide bonds. The van der Waals surface area contributed by atoms with Gasteiger partial charge in [0.1, 0.15) is 0 Å². The van der Waals surface area contributed by atoms with Gasteiger partial charge >= 0.3 is 0 Å². The van der Waals surface area contributed by atoms with E-state index in [1.165, 1.54) is 30.6 Å². The summed E-state index contributed by atoms with van der Waals surface area (Å²) in [6, 6.07) is 18.4. The Morgan fingerprint density at radius 2 is 1.70 bits per heavy atom. The van der Waals surface area contributed by atoms with E-state index in [2.05, 4.69) is 15.3 Å². The average molecular weight is 405 g/mol. The molecule has 0 bridgehead atoms. The first kappa shape index (κ1) is 20.2. The highest BCUT2D eigenvalue weighted by Gasteiger charge is 2.11. The minimum absolute atomic E-state index is 0.0773. The van der Waals surface area contributed by atoms with Crippen molar-refractivity contribution in [3.63, 3.8) is 0 Å². The minimum Gasteiger partial charge on any atom is -0.352 e. The van der Waals surface area contributed by atoms with Crippen LogP contribution in [-0.2, 0) is 0 Å². The third kappa shape index (κ3) is 4.89. The van der Waals surface area contributed by atoms with Crippen LogP contribution in [-0.4, -0.2) is 46.8 Å². The van der Waals surface area contributed by atoms with E-state index in [0.29, 0.717) is 17.8 Å². The predicted octanol–water partition coefficient (Wildman–Crippen LogP) is 3.44. The molecule has 6 heteroatoms. The standard InChI is InChI=1S/C24H28N4O2/c29-23-18-22(19-8-2-1-3-9-19)26-28(23)21-12-10-20(11-13-21)24(30)25-14-4-5-15-27-16-6-7-17-27/h1-3,8-13,18,26H,4-7,14-17H2,(H,25,30). The second kappa shape index (κ2) is 9.59. The first-order chi connectivity index (χ1) is 14.7. The zero-order chi connectivity index (χ0) is 20.8. The van der Waals surface area contributed by atoms with Crippen molar-refractivity contribution >= 4 is 5.91 Å². The van der Waals surface area contributed by atoms with E-state index in [4.69, 9.17) is 0 Å². The monoisotopic (exact) mass is 404 g/mol. The normalized spacial score (nSPS) is 14.1. The lowest BCUT2D eigenvalue weighted by Crippen LogP contribution is -2.26. The molecule has 1 fully saturated rings. The number of amides is 1. The van der Waals surface area contributed by atoms with E-state index in [1.54, 1.807) is 30.3 Å². The number of nitrogens with one attached hydrogen (secondary N) is 2. The number of benzene rings is 2. The Morgan fingerprint density at radius 1 is 0.967 bits per heavy atom. The third-order valence-electron chi connectivity index (χ3n) is 5.58. The summed E-state index contributed by atoms with van der Waals surface area (Å²) in [5, 5.41) is 6.12. The average Bonchev–Trinajstić information content (AvgIpc) is 3.44. The molecule has 2 heterocycles. The summed E-state index contributed by atoms with van der Waals surface area (Å²) in [4.78, 5) is 27.2. The van der Waals surface area contributed by atoms with Gasteiger partial charge in [-0.1, -0.05) is 30.3 Å². The highest BCUT2D eigenvalue weighted by atomic mass is 16.1. The number of aromatic amines is 1. The maximum Gasteiger partial charge on any atom is 0.271 e. The van der Waals surface area contributed by atoms with Crippen LogP contribution >= 0.6 is 0 Å². The molecule has 4 rings (SSSR count). The van der Waals surface area contributed by atoms with Gasteiger partial charge < -0.3 is 10.2 Å². The van der Waals surface area contributed by atoms with Crippen LogP contribution in [0.25, 0.3) is 16.9 Å². The van der Waals surface area contributed by atoms with E-state index in [-0.39, 0.29) is 11.5 Å². The Balaban J connectivity index is 1.32. The predicted molar refractivity (Wildman–Crippen MR) is 119 cm³/mol. The lowest BCUT2D eigenvalue weighted by atomic mass is 10.2. The van der Waals surface area contributed by atoms with Gasteiger partial charge in [0.05, 0.1) is 11.4 Å². The van der Waals surface area contributed by atoms with Crippen LogP contribution in [0.2, 0.25) is 0 Å². The van der Waals surface area contributed by atoms with Crippen LogP contribution in [0.3, 0.4) is 0 Å². The van der Waals surface area contributed by atoms with E-state index < -0.39 is 0 Å². The van der Waals surface area contributed by atoms with Gasteiger partial charge in [-0.25, -0.2) is 4.68 Å². The summed E-state index contributed by atoms with van der Waals surface area (Å²) >= 11 is 0. The Morgan fingerprint density at radius 3 is 2.43 bits per heavy atom. The van der Waals surface area contributed by atoms with Crippen molar-refractivity contribution in [3.8, 4) is 16.9 Å². The molecule has 0 atom stereocenters. The highest BCUT2D eigenvalue weighted by molar-refractivity contribution is 5.94. The van der Waals surface area contributed by atoms with Gasteiger partial charge in [0.25, 0.3) is 11.5 Å². The fourth-order valence-corrected chi connectivity index (χ4v) is 3.89. The Kier molecular flexibility index (Phi) is 6.44. The lowest BCUT2D eigenvalue weighted by Gasteiger charge is -2.14. The second-order valence-electron chi connectivity index (χ2n) is 7.77. The molecule has 30 heavy (non-hydrogen) atoms. The molecule has 0 unspecified atom stereocenters. The van der Waals surface area contributed by atoms with Crippen LogP contribution in [0.15, 0.2) is 65.5 Å². The second-order valence-corrected chi connectivity index (χ2v) is 7.77. The highest BCUT2D eigenvalue weighted by Crippen LogP contribution is 2.16. The molecule has 0 radical (unpaired) electrons. The van der Waals surface area contributed by atoms with Gasteiger partial charge in [0.2, 0.25) is 0 Å². The van der Waals surface area contributed by atoms with Gasteiger partial charge in [-0.15, -0.1) is 0 Å². The molecule has 156 valence electrons. The zero-order valence-corrected chi connectivity index (χ0v) is 17.1. The zero-order valence-electron chi connectivity index (χ0n) is 17.1. The number of unbranched alkanes of at least 4 members (excludes halogenated alkanes) is 1. The summed E-state index contributed by atoms with van der Waals surface area (Å²) in [6.45, 7) is 4.25. The number of H-pyrrole nitrogens is 1. The molecular weight excluding hydrogens is 376 g/mol. The topological polar surface area (TPSA) is 70.1 Å². The molecule has 0 saturated carbocycles. The summed E-state index contributed by atoms with van der Waals surface area (Å²) in [6.07, 6.45) is 4.73. The van der Waals surface area contributed by atoms with E-state index >= 15 is 0 Å². The van der Waals surface area contributed by atoms with E-state index in [1.807, 2.05) is 30.3 Å². The lowest BCUT2D eigenvalue weighted by molar-refractivity contribution is 0.0952.